The lowest BCUT2D eigenvalue weighted by molar-refractivity contribution is 0.0724. The third-order valence-electron chi connectivity index (χ3n) is 3.81. The Morgan fingerprint density at radius 2 is 1.71 bits per heavy atom. The molecular weight excluding hydrogens is 302 g/mol. The molecule has 24 heavy (non-hydrogen) atoms. The molecule has 0 aliphatic heterocycles. The van der Waals surface area contributed by atoms with Crippen LogP contribution in [0.4, 0.5) is 0 Å². The van der Waals surface area contributed by atoms with Gasteiger partial charge in [0.25, 0.3) is 0 Å². The summed E-state index contributed by atoms with van der Waals surface area (Å²) in [4.78, 5) is 12.2. The quantitative estimate of drug-likeness (QED) is 0.501. The van der Waals surface area contributed by atoms with E-state index in [1.165, 1.54) is 5.56 Å². The first-order valence-corrected chi connectivity index (χ1v) is 7.89. The molecule has 0 bridgehead atoms. The minimum Gasteiger partial charge on any atom is -0.422 e. The summed E-state index contributed by atoms with van der Waals surface area (Å²) in [5, 5.41) is 3.81. The first-order chi connectivity index (χ1) is 11.5. The van der Waals surface area contributed by atoms with Gasteiger partial charge in [-0.3, -0.25) is 0 Å². The maximum absolute atomic E-state index is 12.2. The van der Waals surface area contributed by atoms with E-state index in [4.69, 9.17) is 9.26 Å². The lowest BCUT2D eigenvalue weighted by Crippen LogP contribution is -2.08. The molecule has 0 fully saturated rings. The molecule has 0 N–H and O–H groups in total. The first-order valence-electron chi connectivity index (χ1n) is 7.89. The summed E-state index contributed by atoms with van der Waals surface area (Å²) < 4.78 is 10.6. The van der Waals surface area contributed by atoms with Gasteiger partial charge in [-0.2, -0.15) is 0 Å². The maximum atomic E-state index is 12.2. The second-order valence-corrected chi connectivity index (χ2v) is 6.06. The molecule has 0 aliphatic rings. The van der Waals surface area contributed by atoms with E-state index < -0.39 is 5.97 Å². The van der Waals surface area contributed by atoms with Crippen LogP contribution in [0.2, 0.25) is 0 Å². The van der Waals surface area contributed by atoms with Gasteiger partial charge in [-0.05, 0) is 30.5 Å². The fraction of sp³-hybridized carbons (Fsp3) is 0.200. The van der Waals surface area contributed by atoms with Crippen molar-refractivity contribution in [2.24, 2.45) is 0 Å². The average Bonchev–Trinajstić information content (AvgIpc) is 3.06. The van der Waals surface area contributed by atoms with Gasteiger partial charge >= 0.3 is 5.97 Å². The van der Waals surface area contributed by atoms with E-state index in [-0.39, 0.29) is 5.69 Å². The smallest absolute Gasteiger partial charge is 0.365 e. The van der Waals surface area contributed by atoms with Crippen molar-refractivity contribution >= 4 is 5.97 Å². The number of rotatable bonds is 4. The van der Waals surface area contributed by atoms with E-state index in [1.54, 1.807) is 18.2 Å². The van der Waals surface area contributed by atoms with E-state index in [0.29, 0.717) is 17.4 Å². The Labute approximate surface area is 141 Å². The van der Waals surface area contributed by atoms with E-state index >= 15 is 0 Å². The third-order valence-corrected chi connectivity index (χ3v) is 3.81. The minimum atomic E-state index is -0.533. The lowest BCUT2D eigenvalue weighted by Gasteiger charge is -2.06. The molecule has 2 aromatic carbocycles. The average molecular weight is 321 g/mol. The Hall–Kier alpha value is -2.88. The molecule has 1 heterocycles. The fourth-order valence-electron chi connectivity index (χ4n) is 2.31. The molecule has 4 heteroatoms. The molecule has 0 amide bonds. The lowest BCUT2D eigenvalue weighted by atomic mass is 10.0. The Morgan fingerprint density at radius 3 is 2.33 bits per heavy atom. The highest BCUT2D eigenvalue weighted by atomic mass is 16.5. The number of nitrogens with zero attached hydrogens (tertiary/aromatic N) is 1. The number of carbonyl (C=O) groups excluding carboxylic acids is 1. The van der Waals surface area contributed by atoms with Gasteiger partial charge in [-0.1, -0.05) is 61.0 Å². The van der Waals surface area contributed by atoms with Crippen molar-refractivity contribution in [3.63, 3.8) is 0 Å². The highest BCUT2D eigenvalue weighted by molar-refractivity contribution is 5.90. The van der Waals surface area contributed by atoms with Crippen molar-refractivity contribution in [3.05, 3.63) is 71.4 Å². The van der Waals surface area contributed by atoms with Crippen LogP contribution >= 0.6 is 0 Å². The number of esters is 1. The van der Waals surface area contributed by atoms with Crippen LogP contribution in [0, 0.1) is 6.92 Å². The van der Waals surface area contributed by atoms with Gasteiger partial charge in [0.05, 0.1) is 0 Å². The molecule has 0 saturated carbocycles. The predicted octanol–water partition coefficient (Wildman–Crippen LogP) is 4.99. The zero-order valence-corrected chi connectivity index (χ0v) is 13.9. The van der Waals surface area contributed by atoms with E-state index in [1.807, 2.05) is 43.3 Å². The number of hydrogen-bond acceptors (Lipinski definition) is 4. The first kappa shape index (κ1) is 16.0. The largest absolute Gasteiger partial charge is 0.422 e. The van der Waals surface area contributed by atoms with Gasteiger partial charge in [-0.25, -0.2) is 4.79 Å². The number of benzene rings is 2. The van der Waals surface area contributed by atoms with E-state index in [2.05, 4.69) is 19.0 Å². The molecule has 0 spiro atoms. The molecule has 1 aromatic heterocycles. The van der Waals surface area contributed by atoms with Crippen molar-refractivity contribution in [2.45, 2.75) is 26.7 Å². The number of ether oxygens (including phenoxy) is 1. The van der Waals surface area contributed by atoms with Crippen molar-refractivity contribution in [1.29, 1.82) is 0 Å². The molecule has 4 nitrogen and oxygen atoms in total. The van der Waals surface area contributed by atoms with Crippen LogP contribution in [0.5, 0.6) is 5.75 Å². The molecule has 0 radical (unpaired) electrons. The number of carbonyl (C=O) groups is 1. The monoisotopic (exact) mass is 321 g/mol. The Morgan fingerprint density at radius 1 is 1.04 bits per heavy atom. The topological polar surface area (TPSA) is 52.3 Å². The van der Waals surface area contributed by atoms with Crippen molar-refractivity contribution in [2.75, 3.05) is 0 Å². The molecule has 122 valence electrons. The number of aromatic nitrogens is 1. The second-order valence-electron chi connectivity index (χ2n) is 6.06. The maximum Gasteiger partial charge on any atom is 0.365 e. The Balaban J connectivity index is 1.72. The summed E-state index contributed by atoms with van der Waals surface area (Å²) in [6.45, 7) is 6.24. The van der Waals surface area contributed by atoms with Crippen LogP contribution in [0.3, 0.4) is 0 Å². The van der Waals surface area contributed by atoms with Crippen LogP contribution in [0.25, 0.3) is 11.3 Å². The second kappa shape index (κ2) is 6.71. The van der Waals surface area contributed by atoms with Gasteiger partial charge in [0.1, 0.15) is 5.75 Å². The Bertz CT molecular complexity index is 830. The third kappa shape index (κ3) is 3.54. The minimum absolute atomic E-state index is 0.151. The standard InChI is InChI=1S/C20H19NO3/c1-13(2)15-8-10-17(11-9-15)23-20(22)18-12-19(24-21-18)16-6-4-14(3)5-7-16/h4-13H,1-3H3. The molecule has 3 rings (SSSR count). The van der Waals surface area contributed by atoms with Gasteiger partial charge in [-0.15, -0.1) is 0 Å². The number of hydrogen-bond donors (Lipinski definition) is 0. The summed E-state index contributed by atoms with van der Waals surface area (Å²) in [5.74, 6) is 0.929. The predicted molar refractivity (Wildman–Crippen MR) is 92.2 cm³/mol. The van der Waals surface area contributed by atoms with Crippen molar-refractivity contribution < 1.29 is 14.1 Å². The molecule has 0 atom stereocenters. The number of aryl methyl sites for hydroxylation is 1. The SMILES string of the molecule is Cc1ccc(-c2cc(C(=O)Oc3ccc(C(C)C)cc3)no2)cc1. The fourth-order valence-corrected chi connectivity index (χ4v) is 2.31. The van der Waals surface area contributed by atoms with Gasteiger partial charge in [0.15, 0.2) is 11.5 Å². The molecule has 3 aromatic rings. The van der Waals surface area contributed by atoms with E-state index in [9.17, 15) is 4.79 Å². The zero-order valence-electron chi connectivity index (χ0n) is 13.9. The van der Waals surface area contributed by atoms with E-state index in [0.717, 1.165) is 11.1 Å². The summed E-state index contributed by atoms with van der Waals surface area (Å²) in [6, 6.07) is 16.9. The zero-order chi connectivity index (χ0) is 17.1. The molecule has 0 unspecified atom stereocenters. The normalized spacial score (nSPS) is 10.8. The van der Waals surface area contributed by atoms with Crippen LogP contribution in [-0.2, 0) is 0 Å². The molecule has 0 aliphatic carbocycles. The van der Waals surface area contributed by atoms with Gasteiger partial charge in [0, 0.05) is 11.6 Å². The van der Waals surface area contributed by atoms with Gasteiger partial charge in [0.2, 0.25) is 0 Å². The van der Waals surface area contributed by atoms with Crippen LogP contribution in [0.15, 0.2) is 59.1 Å². The summed E-state index contributed by atoms with van der Waals surface area (Å²) in [7, 11) is 0. The van der Waals surface area contributed by atoms with Crippen molar-refractivity contribution in [1.82, 2.24) is 5.16 Å². The highest BCUT2D eigenvalue weighted by Crippen LogP contribution is 2.22. The summed E-state index contributed by atoms with van der Waals surface area (Å²) in [5.41, 5.74) is 3.37. The summed E-state index contributed by atoms with van der Waals surface area (Å²) in [6.07, 6.45) is 0. The molecular formula is C20H19NO3. The van der Waals surface area contributed by atoms with Gasteiger partial charge < -0.3 is 9.26 Å². The van der Waals surface area contributed by atoms with Crippen LogP contribution in [0.1, 0.15) is 41.4 Å². The van der Waals surface area contributed by atoms with Crippen LogP contribution < -0.4 is 4.74 Å². The summed E-state index contributed by atoms with van der Waals surface area (Å²) >= 11 is 0. The van der Waals surface area contributed by atoms with Crippen molar-refractivity contribution in [3.8, 4) is 17.1 Å². The highest BCUT2D eigenvalue weighted by Gasteiger charge is 2.16. The van der Waals surface area contributed by atoms with Crippen LogP contribution in [-0.4, -0.2) is 11.1 Å². The molecule has 0 saturated heterocycles. The Kier molecular flexibility index (Phi) is 4.47.